The number of nitrogens with zero attached hydrogens (tertiary/aromatic N) is 2. The fourth-order valence-corrected chi connectivity index (χ4v) is 1.86. The molecule has 0 aromatic carbocycles. The van der Waals surface area contributed by atoms with E-state index >= 15 is 0 Å². The van der Waals surface area contributed by atoms with Crippen molar-refractivity contribution >= 4 is 11.6 Å². The van der Waals surface area contributed by atoms with Gasteiger partial charge in [-0.1, -0.05) is 11.6 Å². The Morgan fingerprint density at radius 3 is 2.64 bits per heavy atom. The first-order valence-electron chi connectivity index (χ1n) is 4.62. The largest absolute Gasteiger partial charge is 0.282 e. The Morgan fingerprint density at radius 2 is 2.21 bits per heavy atom. The third kappa shape index (κ3) is 1.75. The Morgan fingerprint density at radius 1 is 1.57 bits per heavy atom. The number of hydrogen-bond donors (Lipinski definition) is 0. The summed E-state index contributed by atoms with van der Waals surface area (Å²) < 4.78 is 26.1. The van der Waals surface area contributed by atoms with Crippen LogP contribution >= 0.6 is 11.6 Å². The zero-order valence-electron chi connectivity index (χ0n) is 7.75. The smallest absolute Gasteiger partial charge is 0.251 e. The molecule has 1 saturated carbocycles. The van der Waals surface area contributed by atoms with Gasteiger partial charge in [0.25, 0.3) is 6.43 Å². The van der Waals surface area contributed by atoms with Crippen molar-refractivity contribution in [2.45, 2.75) is 32.2 Å². The Bertz CT molecular complexity index is 334. The molecule has 0 spiro atoms. The van der Waals surface area contributed by atoms with Gasteiger partial charge in [-0.05, 0) is 25.7 Å². The first kappa shape index (κ1) is 9.90. The Kier molecular flexibility index (Phi) is 2.47. The second-order valence-electron chi connectivity index (χ2n) is 3.72. The van der Waals surface area contributed by atoms with Crippen LogP contribution in [-0.2, 0) is 0 Å². The van der Waals surface area contributed by atoms with Crippen LogP contribution in [0, 0.1) is 5.92 Å². The van der Waals surface area contributed by atoms with Crippen LogP contribution in [0.1, 0.15) is 37.9 Å². The van der Waals surface area contributed by atoms with E-state index in [0.29, 0.717) is 11.1 Å². The molecule has 0 radical (unpaired) electrons. The van der Waals surface area contributed by atoms with Gasteiger partial charge in [0.2, 0.25) is 0 Å². The van der Waals surface area contributed by atoms with E-state index in [1.54, 1.807) is 0 Å². The van der Waals surface area contributed by atoms with E-state index in [9.17, 15) is 8.78 Å². The SMILES string of the molecule is CC(C1CC1)n1nc(C(F)F)cc1Cl. The first-order chi connectivity index (χ1) is 6.59. The fraction of sp³-hybridized carbons (Fsp3) is 0.667. The highest BCUT2D eigenvalue weighted by Crippen LogP contribution is 2.40. The summed E-state index contributed by atoms with van der Waals surface area (Å²) in [6, 6.07) is 1.38. The summed E-state index contributed by atoms with van der Waals surface area (Å²) in [5.74, 6) is 0.554. The molecule has 1 aromatic rings. The van der Waals surface area contributed by atoms with Crippen LogP contribution in [0.25, 0.3) is 0 Å². The minimum absolute atomic E-state index is 0.134. The highest BCUT2D eigenvalue weighted by atomic mass is 35.5. The maximum atomic E-state index is 12.3. The highest BCUT2D eigenvalue weighted by Gasteiger charge is 2.31. The predicted octanol–water partition coefficient (Wildman–Crippen LogP) is 3.45. The molecule has 1 heterocycles. The molecule has 0 aliphatic heterocycles. The van der Waals surface area contributed by atoms with E-state index in [2.05, 4.69) is 5.10 Å². The zero-order chi connectivity index (χ0) is 10.3. The van der Waals surface area contributed by atoms with Crippen LogP contribution in [0.2, 0.25) is 5.15 Å². The van der Waals surface area contributed by atoms with Crippen molar-refractivity contribution in [3.05, 3.63) is 16.9 Å². The fourth-order valence-electron chi connectivity index (χ4n) is 1.56. The van der Waals surface area contributed by atoms with Gasteiger partial charge in [0.05, 0.1) is 6.04 Å². The molecule has 1 aliphatic carbocycles. The predicted molar refractivity (Wildman–Crippen MR) is 49.6 cm³/mol. The summed E-state index contributed by atoms with van der Waals surface area (Å²) in [6.45, 7) is 1.96. The average Bonchev–Trinajstić information content (AvgIpc) is 2.88. The molecule has 0 bridgehead atoms. The van der Waals surface area contributed by atoms with Crippen LogP contribution in [0.4, 0.5) is 8.78 Å². The van der Waals surface area contributed by atoms with Crippen molar-refractivity contribution in [3.63, 3.8) is 0 Å². The molecule has 0 N–H and O–H groups in total. The lowest BCUT2D eigenvalue weighted by molar-refractivity contribution is 0.144. The van der Waals surface area contributed by atoms with Crippen molar-refractivity contribution in [2.75, 3.05) is 0 Å². The Balaban J connectivity index is 2.23. The summed E-state index contributed by atoms with van der Waals surface area (Å²) in [7, 11) is 0. The van der Waals surface area contributed by atoms with E-state index < -0.39 is 6.43 Å². The number of aromatic nitrogens is 2. The van der Waals surface area contributed by atoms with Gasteiger partial charge in [-0.15, -0.1) is 0 Å². The van der Waals surface area contributed by atoms with Crippen molar-refractivity contribution < 1.29 is 8.78 Å². The molecule has 0 saturated heterocycles. The van der Waals surface area contributed by atoms with Gasteiger partial charge in [-0.25, -0.2) is 8.78 Å². The minimum Gasteiger partial charge on any atom is -0.251 e. The molecule has 2 nitrogen and oxygen atoms in total. The van der Waals surface area contributed by atoms with Crippen LogP contribution in [0.5, 0.6) is 0 Å². The molecule has 14 heavy (non-hydrogen) atoms. The third-order valence-electron chi connectivity index (χ3n) is 2.62. The summed E-state index contributed by atoms with van der Waals surface area (Å²) in [5, 5.41) is 4.11. The highest BCUT2D eigenvalue weighted by molar-refractivity contribution is 6.29. The molecule has 1 unspecified atom stereocenters. The molecule has 5 heteroatoms. The van der Waals surface area contributed by atoms with Crippen LogP contribution in [0.15, 0.2) is 6.07 Å². The summed E-state index contributed by atoms with van der Waals surface area (Å²) in [4.78, 5) is 0. The molecule has 1 fully saturated rings. The van der Waals surface area contributed by atoms with Gasteiger partial charge >= 0.3 is 0 Å². The lowest BCUT2D eigenvalue weighted by atomic mass is 10.2. The Hall–Kier alpha value is -0.640. The van der Waals surface area contributed by atoms with E-state index in [1.807, 2.05) is 6.92 Å². The molecule has 0 amide bonds. The van der Waals surface area contributed by atoms with E-state index in [4.69, 9.17) is 11.6 Å². The van der Waals surface area contributed by atoms with E-state index in [1.165, 1.54) is 10.7 Å². The summed E-state index contributed by atoms with van der Waals surface area (Å²) in [5.41, 5.74) is -0.234. The molecule has 1 aliphatic rings. The Labute approximate surface area is 85.9 Å². The van der Waals surface area contributed by atoms with Crippen molar-refractivity contribution in [3.8, 4) is 0 Å². The van der Waals surface area contributed by atoms with Crippen molar-refractivity contribution in [1.29, 1.82) is 0 Å². The summed E-state index contributed by atoms with van der Waals surface area (Å²) >= 11 is 5.82. The monoisotopic (exact) mass is 220 g/mol. The second-order valence-corrected chi connectivity index (χ2v) is 4.10. The van der Waals surface area contributed by atoms with Gasteiger partial charge in [0.1, 0.15) is 10.8 Å². The standard InChI is InChI=1S/C9H11ClF2N2/c1-5(6-2-3-6)14-8(10)4-7(13-14)9(11)12/h4-6,9H,2-3H2,1H3. The van der Waals surface area contributed by atoms with Crippen LogP contribution in [-0.4, -0.2) is 9.78 Å². The number of hydrogen-bond acceptors (Lipinski definition) is 1. The number of alkyl halides is 2. The molecule has 2 rings (SSSR count). The van der Waals surface area contributed by atoms with Crippen molar-refractivity contribution in [1.82, 2.24) is 9.78 Å². The van der Waals surface area contributed by atoms with Gasteiger partial charge in [0.15, 0.2) is 0 Å². The molecular weight excluding hydrogens is 210 g/mol. The van der Waals surface area contributed by atoms with Gasteiger partial charge < -0.3 is 0 Å². The maximum Gasteiger partial charge on any atom is 0.282 e. The lowest BCUT2D eigenvalue weighted by Crippen LogP contribution is -2.09. The molecule has 1 aromatic heterocycles. The second kappa shape index (κ2) is 3.50. The molecule has 1 atom stereocenters. The average molecular weight is 221 g/mol. The maximum absolute atomic E-state index is 12.3. The van der Waals surface area contributed by atoms with Crippen LogP contribution < -0.4 is 0 Å². The lowest BCUT2D eigenvalue weighted by Gasteiger charge is -2.11. The number of rotatable bonds is 3. The van der Waals surface area contributed by atoms with E-state index in [-0.39, 0.29) is 11.7 Å². The van der Waals surface area contributed by atoms with Crippen LogP contribution in [0.3, 0.4) is 0 Å². The summed E-state index contributed by atoms with van der Waals surface area (Å²) in [6.07, 6.45) is -0.261. The zero-order valence-corrected chi connectivity index (χ0v) is 8.51. The van der Waals surface area contributed by atoms with Crippen molar-refractivity contribution in [2.24, 2.45) is 5.92 Å². The van der Waals surface area contributed by atoms with Gasteiger partial charge in [0, 0.05) is 6.07 Å². The quantitative estimate of drug-likeness (QED) is 0.763. The third-order valence-corrected chi connectivity index (χ3v) is 2.90. The number of halogens is 3. The van der Waals surface area contributed by atoms with Gasteiger partial charge in [-0.3, -0.25) is 4.68 Å². The minimum atomic E-state index is -2.54. The topological polar surface area (TPSA) is 17.8 Å². The molecule has 78 valence electrons. The normalized spacial score (nSPS) is 18.9. The first-order valence-corrected chi connectivity index (χ1v) is 5.00. The van der Waals surface area contributed by atoms with E-state index in [0.717, 1.165) is 12.8 Å². The van der Waals surface area contributed by atoms with Gasteiger partial charge in [-0.2, -0.15) is 5.10 Å². The molecular formula is C9H11ClF2N2.